The molecule has 1 heteroatoms. The zero-order valence-electron chi connectivity index (χ0n) is 6.60. The monoisotopic (exact) mass is 133 g/mol. The van der Waals surface area contributed by atoms with Gasteiger partial charge in [-0.15, -0.1) is 5.92 Å². The molecule has 0 spiro atoms. The maximum absolute atomic E-state index is 3.00. The minimum atomic E-state index is 1.10. The summed E-state index contributed by atoms with van der Waals surface area (Å²) in [4.78, 5) is 0. The molecule has 0 N–H and O–H groups in total. The van der Waals surface area contributed by atoms with Gasteiger partial charge in [-0.1, -0.05) is 5.92 Å². The van der Waals surface area contributed by atoms with Gasteiger partial charge in [-0.3, -0.25) is 0 Å². The van der Waals surface area contributed by atoms with Crippen molar-refractivity contribution >= 4 is 0 Å². The van der Waals surface area contributed by atoms with Gasteiger partial charge >= 0.3 is 0 Å². The van der Waals surface area contributed by atoms with Gasteiger partial charge in [-0.2, -0.15) is 0 Å². The van der Waals surface area contributed by atoms with E-state index in [-0.39, 0.29) is 0 Å². The quantitative estimate of drug-likeness (QED) is 0.475. The van der Waals surface area contributed by atoms with E-state index in [0.717, 1.165) is 5.56 Å². The molecule has 0 fully saturated rings. The molecule has 0 atom stereocenters. The van der Waals surface area contributed by atoms with Gasteiger partial charge < -0.3 is 4.57 Å². The fraction of sp³-hybridized carbons (Fsp3) is 0.333. The molecule has 0 aromatic carbocycles. The predicted molar refractivity (Wildman–Crippen MR) is 42.7 cm³/mol. The average molecular weight is 133 g/mol. The summed E-state index contributed by atoms with van der Waals surface area (Å²) in [6.07, 6.45) is 2.03. The van der Waals surface area contributed by atoms with Crippen LogP contribution in [0.15, 0.2) is 12.3 Å². The molecule has 0 aliphatic heterocycles. The van der Waals surface area contributed by atoms with Crippen LogP contribution in [0.3, 0.4) is 0 Å². The van der Waals surface area contributed by atoms with E-state index in [2.05, 4.69) is 29.4 Å². The van der Waals surface area contributed by atoms with Crippen molar-refractivity contribution in [1.82, 2.24) is 4.57 Å². The number of hydrogen-bond donors (Lipinski definition) is 0. The van der Waals surface area contributed by atoms with Gasteiger partial charge in [0, 0.05) is 24.5 Å². The third-order valence-corrected chi connectivity index (χ3v) is 1.52. The van der Waals surface area contributed by atoms with Crippen LogP contribution in [-0.4, -0.2) is 4.57 Å². The van der Waals surface area contributed by atoms with Crippen molar-refractivity contribution in [2.24, 2.45) is 7.05 Å². The first kappa shape index (κ1) is 6.95. The molecular formula is C9H11N. The van der Waals surface area contributed by atoms with Crippen LogP contribution in [0.2, 0.25) is 0 Å². The first-order chi connectivity index (χ1) is 4.74. The van der Waals surface area contributed by atoms with Crippen LogP contribution in [0.25, 0.3) is 0 Å². The third kappa shape index (κ3) is 1.22. The molecule has 10 heavy (non-hydrogen) atoms. The van der Waals surface area contributed by atoms with Crippen LogP contribution in [0.4, 0.5) is 0 Å². The SMILES string of the molecule is CC#Cc1cc(C)n(C)c1. The second-order valence-electron chi connectivity index (χ2n) is 2.36. The van der Waals surface area contributed by atoms with Gasteiger partial charge in [0.2, 0.25) is 0 Å². The molecule has 0 aliphatic carbocycles. The van der Waals surface area contributed by atoms with E-state index in [1.807, 2.05) is 20.2 Å². The van der Waals surface area contributed by atoms with Crippen LogP contribution in [0, 0.1) is 18.8 Å². The van der Waals surface area contributed by atoms with Crippen LogP contribution in [0.5, 0.6) is 0 Å². The summed E-state index contributed by atoms with van der Waals surface area (Å²) in [6.45, 7) is 3.92. The van der Waals surface area contributed by atoms with Gasteiger partial charge in [0.05, 0.1) is 0 Å². The van der Waals surface area contributed by atoms with E-state index in [0.29, 0.717) is 0 Å². The van der Waals surface area contributed by atoms with Crippen molar-refractivity contribution in [3.8, 4) is 11.8 Å². The summed E-state index contributed by atoms with van der Waals surface area (Å²) in [6, 6.07) is 2.08. The van der Waals surface area contributed by atoms with E-state index in [9.17, 15) is 0 Å². The average Bonchev–Trinajstić information content (AvgIpc) is 2.14. The Bertz CT molecular complexity index is 264. The molecule has 1 aromatic heterocycles. The summed E-state index contributed by atoms with van der Waals surface area (Å²) in [5, 5.41) is 0. The van der Waals surface area contributed by atoms with Gasteiger partial charge in [0.15, 0.2) is 0 Å². The highest BCUT2D eigenvalue weighted by molar-refractivity contribution is 5.34. The Morgan fingerprint density at radius 1 is 1.50 bits per heavy atom. The lowest BCUT2D eigenvalue weighted by Crippen LogP contribution is -1.85. The Morgan fingerprint density at radius 3 is 2.60 bits per heavy atom. The van der Waals surface area contributed by atoms with Gasteiger partial charge in [0.1, 0.15) is 0 Å². The molecule has 0 saturated heterocycles. The van der Waals surface area contributed by atoms with E-state index >= 15 is 0 Å². The lowest BCUT2D eigenvalue weighted by atomic mass is 10.3. The Balaban J connectivity index is 3.06. The van der Waals surface area contributed by atoms with Crippen LogP contribution >= 0.6 is 0 Å². The van der Waals surface area contributed by atoms with Crippen molar-refractivity contribution < 1.29 is 0 Å². The first-order valence-electron chi connectivity index (χ1n) is 3.30. The molecule has 0 aliphatic rings. The van der Waals surface area contributed by atoms with Crippen molar-refractivity contribution in [1.29, 1.82) is 0 Å². The first-order valence-corrected chi connectivity index (χ1v) is 3.30. The zero-order valence-corrected chi connectivity index (χ0v) is 6.60. The topological polar surface area (TPSA) is 4.93 Å². The number of aromatic nitrogens is 1. The van der Waals surface area contributed by atoms with Crippen molar-refractivity contribution in [2.45, 2.75) is 13.8 Å². The van der Waals surface area contributed by atoms with E-state index < -0.39 is 0 Å². The summed E-state index contributed by atoms with van der Waals surface area (Å²) in [5.41, 5.74) is 2.35. The van der Waals surface area contributed by atoms with Crippen molar-refractivity contribution in [3.05, 3.63) is 23.5 Å². The molecule has 0 radical (unpaired) electrons. The smallest absolute Gasteiger partial charge is 0.0424 e. The normalized spacial score (nSPS) is 8.70. The molecule has 0 unspecified atom stereocenters. The van der Waals surface area contributed by atoms with Crippen LogP contribution < -0.4 is 0 Å². The summed E-state index contributed by atoms with van der Waals surface area (Å²) >= 11 is 0. The second kappa shape index (κ2) is 2.62. The lowest BCUT2D eigenvalue weighted by molar-refractivity contribution is 0.882. The third-order valence-electron chi connectivity index (χ3n) is 1.52. The molecule has 1 nitrogen and oxygen atoms in total. The number of rotatable bonds is 0. The summed E-state index contributed by atoms with van der Waals surface area (Å²) in [7, 11) is 2.02. The number of nitrogens with zero attached hydrogens (tertiary/aromatic N) is 1. The predicted octanol–water partition coefficient (Wildman–Crippen LogP) is 1.70. The highest BCUT2D eigenvalue weighted by atomic mass is 14.9. The maximum atomic E-state index is 3.00. The minimum absolute atomic E-state index is 1.10. The van der Waals surface area contributed by atoms with Gasteiger partial charge in [-0.05, 0) is 19.9 Å². The van der Waals surface area contributed by atoms with Crippen LogP contribution in [0.1, 0.15) is 18.2 Å². The van der Waals surface area contributed by atoms with Gasteiger partial charge in [-0.25, -0.2) is 0 Å². The van der Waals surface area contributed by atoms with E-state index in [1.54, 1.807) is 0 Å². The Morgan fingerprint density at radius 2 is 2.20 bits per heavy atom. The minimum Gasteiger partial charge on any atom is -0.353 e. The van der Waals surface area contributed by atoms with Gasteiger partial charge in [0.25, 0.3) is 0 Å². The fourth-order valence-corrected chi connectivity index (χ4v) is 0.887. The Hall–Kier alpha value is -1.16. The Kier molecular flexibility index (Phi) is 1.82. The highest BCUT2D eigenvalue weighted by Gasteiger charge is 1.92. The molecule has 1 aromatic rings. The lowest BCUT2D eigenvalue weighted by Gasteiger charge is -1.89. The second-order valence-corrected chi connectivity index (χ2v) is 2.36. The molecule has 0 saturated carbocycles. The summed E-state index contributed by atoms with van der Waals surface area (Å²) in [5.74, 6) is 5.86. The van der Waals surface area contributed by atoms with Crippen LogP contribution in [-0.2, 0) is 7.05 Å². The summed E-state index contributed by atoms with van der Waals surface area (Å²) < 4.78 is 2.07. The fourth-order valence-electron chi connectivity index (χ4n) is 0.887. The largest absolute Gasteiger partial charge is 0.353 e. The zero-order chi connectivity index (χ0) is 7.56. The molecule has 1 rings (SSSR count). The molecular weight excluding hydrogens is 122 g/mol. The maximum Gasteiger partial charge on any atom is 0.0424 e. The molecule has 0 amide bonds. The molecule has 1 heterocycles. The van der Waals surface area contributed by atoms with E-state index in [1.165, 1.54) is 5.69 Å². The van der Waals surface area contributed by atoms with Crippen molar-refractivity contribution in [3.63, 3.8) is 0 Å². The Labute approximate surface area is 61.7 Å². The van der Waals surface area contributed by atoms with E-state index in [4.69, 9.17) is 0 Å². The number of aryl methyl sites for hydroxylation is 2. The molecule has 52 valence electrons. The molecule has 0 bridgehead atoms. The highest BCUT2D eigenvalue weighted by Crippen LogP contribution is 2.03. The number of hydrogen-bond acceptors (Lipinski definition) is 0. The standard InChI is InChI=1S/C9H11N/c1-4-5-9-6-8(2)10(3)7-9/h6-7H,1-3H3. The van der Waals surface area contributed by atoms with Crippen molar-refractivity contribution in [2.75, 3.05) is 0 Å².